The molecule has 1 aliphatic rings. The molecule has 0 heterocycles. The molecular formula is C14H25NO4. The van der Waals surface area contributed by atoms with Gasteiger partial charge in [0, 0.05) is 6.42 Å². The summed E-state index contributed by atoms with van der Waals surface area (Å²) >= 11 is 0. The SMILES string of the molecule is CCC(CO)NC(=O)CC1(CC(=O)O)CCCCC1. The summed E-state index contributed by atoms with van der Waals surface area (Å²) in [4.78, 5) is 23.0. The Morgan fingerprint density at radius 2 is 1.84 bits per heavy atom. The van der Waals surface area contributed by atoms with Gasteiger partial charge < -0.3 is 15.5 Å². The summed E-state index contributed by atoms with van der Waals surface area (Å²) in [5, 5.41) is 20.9. The molecule has 1 fully saturated rings. The summed E-state index contributed by atoms with van der Waals surface area (Å²) in [5.74, 6) is -0.965. The van der Waals surface area contributed by atoms with Crippen molar-refractivity contribution in [2.75, 3.05) is 6.61 Å². The second-order valence-corrected chi connectivity index (χ2v) is 5.66. The van der Waals surface area contributed by atoms with E-state index >= 15 is 0 Å². The number of aliphatic hydroxyl groups excluding tert-OH is 1. The number of rotatable bonds is 7. The summed E-state index contributed by atoms with van der Waals surface area (Å²) in [6.07, 6.45) is 5.73. The third kappa shape index (κ3) is 5.19. The molecular weight excluding hydrogens is 246 g/mol. The van der Waals surface area contributed by atoms with Gasteiger partial charge in [-0.25, -0.2) is 0 Å². The predicted octanol–water partition coefficient (Wildman–Crippen LogP) is 1.69. The highest BCUT2D eigenvalue weighted by Crippen LogP contribution is 2.42. The molecule has 0 aromatic carbocycles. The van der Waals surface area contributed by atoms with Crippen molar-refractivity contribution >= 4 is 11.9 Å². The minimum Gasteiger partial charge on any atom is -0.481 e. The topological polar surface area (TPSA) is 86.6 Å². The number of carboxylic acids is 1. The maximum absolute atomic E-state index is 12.0. The van der Waals surface area contributed by atoms with Crippen molar-refractivity contribution in [3.63, 3.8) is 0 Å². The Kier molecular flexibility index (Phi) is 6.28. The van der Waals surface area contributed by atoms with Crippen LogP contribution in [-0.4, -0.2) is 34.7 Å². The molecule has 0 aromatic rings. The van der Waals surface area contributed by atoms with E-state index in [1.807, 2.05) is 6.92 Å². The maximum atomic E-state index is 12.0. The number of carboxylic acid groups (broad SMARTS) is 1. The molecule has 5 nitrogen and oxygen atoms in total. The standard InChI is InChI=1S/C14H25NO4/c1-2-11(10-16)15-12(17)8-14(9-13(18)19)6-4-3-5-7-14/h11,16H,2-10H2,1H3,(H,15,17)(H,18,19). The summed E-state index contributed by atoms with van der Waals surface area (Å²) in [7, 11) is 0. The average Bonchev–Trinajstić information content (AvgIpc) is 2.35. The molecule has 110 valence electrons. The fraction of sp³-hybridized carbons (Fsp3) is 0.857. The lowest BCUT2D eigenvalue weighted by molar-refractivity contribution is -0.141. The summed E-state index contributed by atoms with van der Waals surface area (Å²) in [6.45, 7) is 1.82. The van der Waals surface area contributed by atoms with Crippen molar-refractivity contribution in [3.8, 4) is 0 Å². The minimum absolute atomic E-state index is 0.0658. The van der Waals surface area contributed by atoms with Crippen LogP contribution in [0.1, 0.15) is 58.3 Å². The molecule has 1 unspecified atom stereocenters. The highest BCUT2D eigenvalue weighted by Gasteiger charge is 2.36. The number of nitrogens with one attached hydrogen (secondary N) is 1. The first-order valence-electron chi connectivity index (χ1n) is 7.13. The molecule has 0 spiro atoms. The Bertz CT molecular complexity index is 307. The highest BCUT2D eigenvalue weighted by molar-refractivity contribution is 5.78. The summed E-state index contributed by atoms with van der Waals surface area (Å²) < 4.78 is 0. The first-order chi connectivity index (χ1) is 9.01. The maximum Gasteiger partial charge on any atom is 0.303 e. The van der Waals surface area contributed by atoms with Crippen LogP contribution in [0.4, 0.5) is 0 Å². The Hall–Kier alpha value is -1.10. The van der Waals surface area contributed by atoms with Crippen molar-refractivity contribution < 1.29 is 19.8 Å². The molecule has 5 heteroatoms. The molecule has 0 aliphatic heterocycles. The van der Waals surface area contributed by atoms with Crippen LogP contribution in [0.2, 0.25) is 0 Å². The largest absolute Gasteiger partial charge is 0.481 e. The fourth-order valence-electron chi connectivity index (χ4n) is 2.93. The van der Waals surface area contributed by atoms with E-state index in [1.54, 1.807) is 0 Å². The monoisotopic (exact) mass is 271 g/mol. The number of carbonyl (C=O) groups is 2. The van der Waals surface area contributed by atoms with Gasteiger partial charge in [0.15, 0.2) is 0 Å². The van der Waals surface area contributed by atoms with E-state index in [4.69, 9.17) is 10.2 Å². The van der Waals surface area contributed by atoms with Crippen molar-refractivity contribution in [2.45, 2.75) is 64.3 Å². The van der Waals surface area contributed by atoms with Gasteiger partial charge >= 0.3 is 5.97 Å². The number of aliphatic carboxylic acids is 1. The predicted molar refractivity (Wildman–Crippen MR) is 71.7 cm³/mol. The van der Waals surface area contributed by atoms with Crippen molar-refractivity contribution in [1.29, 1.82) is 0 Å². The minimum atomic E-state index is -0.830. The van der Waals surface area contributed by atoms with E-state index in [1.165, 1.54) is 0 Å². The van der Waals surface area contributed by atoms with Gasteiger partial charge in [-0.3, -0.25) is 9.59 Å². The third-order valence-electron chi connectivity index (χ3n) is 4.05. The van der Waals surface area contributed by atoms with Gasteiger partial charge in [0.05, 0.1) is 19.1 Å². The Balaban J connectivity index is 2.61. The molecule has 19 heavy (non-hydrogen) atoms. The number of aliphatic hydroxyl groups is 1. The molecule has 0 saturated heterocycles. The van der Waals surface area contributed by atoms with E-state index < -0.39 is 5.97 Å². The molecule has 1 aliphatic carbocycles. The normalized spacial score (nSPS) is 19.7. The summed E-state index contributed by atoms with van der Waals surface area (Å²) in [5.41, 5.74) is -0.387. The van der Waals surface area contributed by atoms with Crippen molar-refractivity contribution in [1.82, 2.24) is 5.32 Å². The molecule has 1 rings (SSSR count). The zero-order valence-corrected chi connectivity index (χ0v) is 11.7. The van der Waals surface area contributed by atoms with Crippen LogP contribution < -0.4 is 5.32 Å². The Labute approximate surface area is 114 Å². The molecule has 3 N–H and O–H groups in total. The lowest BCUT2D eigenvalue weighted by atomic mass is 9.69. The second kappa shape index (κ2) is 7.48. The van der Waals surface area contributed by atoms with E-state index in [0.717, 1.165) is 32.1 Å². The average molecular weight is 271 g/mol. The van der Waals surface area contributed by atoms with E-state index in [2.05, 4.69) is 5.32 Å². The van der Waals surface area contributed by atoms with E-state index in [-0.39, 0.29) is 36.8 Å². The smallest absolute Gasteiger partial charge is 0.303 e. The molecule has 0 radical (unpaired) electrons. The van der Waals surface area contributed by atoms with Crippen LogP contribution in [0.25, 0.3) is 0 Å². The highest BCUT2D eigenvalue weighted by atomic mass is 16.4. The van der Waals surface area contributed by atoms with E-state index in [9.17, 15) is 9.59 Å². The van der Waals surface area contributed by atoms with Crippen LogP contribution in [0.5, 0.6) is 0 Å². The number of hydrogen-bond acceptors (Lipinski definition) is 3. The molecule has 1 amide bonds. The summed E-state index contributed by atoms with van der Waals surface area (Å²) in [6, 6.07) is -0.224. The number of hydrogen-bond donors (Lipinski definition) is 3. The third-order valence-corrected chi connectivity index (χ3v) is 4.05. The second-order valence-electron chi connectivity index (χ2n) is 5.66. The zero-order chi connectivity index (χ0) is 14.3. The van der Waals surface area contributed by atoms with Crippen molar-refractivity contribution in [3.05, 3.63) is 0 Å². The van der Waals surface area contributed by atoms with Gasteiger partial charge in [-0.1, -0.05) is 26.2 Å². The molecule has 1 atom stereocenters. The molecule has 0 aromatic heterocycles. The van der Waals surface area contributed by atoms with Gasteiger partial charge in [-0.15, -0.1) is 0 Å². The van der Waals surface area contributed by atoms with Crippen molar-refractivity contribution in [2.24, 2.45) is 5.41 Å². The van der Waals surface area contributed by atoms with E-state index in [0.29, 0.717) is 6.42 Å². The van der Waals surface area contributed by atoms with Gasteiger partial charge in [0.25, 0.3) is 0 Å². The fourth-order valence-corrected chi connectivity index (χ4v) is 2.93. The molecule has 0 bridgehead atoms. The van der Waals surface area contributed by atoms with Gasteiger partial charge in [-0.05, 0) is 24.7 Å². The Morgan fingerprint density at radius 3 is 2.32 bits per heavy atom. The van der Waals surface area contributed by atoms with Crippen LogP contribution in [0.3, 0.4) is 0 Å². The van der Waals surface area contributed by atoms with Crippen LogP contribution in [0.15, 0.2) is 0 Å². The van der Waals surface area contributed by atoms with Crippen LogP contribution >= 0.6 is 0 Å². The number of amides is 1. The zero-order valence-electron chi connectivity index (χ0n) is 11.7. The van der Waals surface area contributed by atoms with Crippen LogP contribution in [-0.2, 0) is 9.59 Å². The quantitative estimate of drug-likeness (QED) is 0.657. The first-order valence-corrected chi connectivity index (χ1v) is 7.13. The van der Waals surface area contributed by atoms with Gasteiger partial charge in [0.2, 0.25) is 5.91 Å². The lowest BCUT2D eigenvalue weighted by Crippen LogP contribution is -2.41. The Morgan fingerprint density at radius 1 is 1.21 bits per heavy atom. The number of carbonyl (C=O) groups excluding carboxylic acids is 1. The molecule has 1 saturated carbocycles. The van der Waals surface area contributed by atoms with Crippen LogP contribution in [0, 0.1) is 5.41 Å². The first kappa shape index (κ1) is 16.0. The lowest BCUT2D eigenvalue weighted by Gasteiger charge is -2.35. The van der Waals surface area contributed by atoms with Gasteiger partial charge in [0.1, 0.15) is 0 Å². The van der Waals surface area contributed by atoms with Gasteiger partial charge in [-0.2, -0.15) is 0 Å².